The number of benzene rings is 2. The Bertz CT molecular complexity index is 811. The number of thiazole rings is 1. The zero-order valence-electron chi connectivity index (χ0n) is 10.6. The number of nitro benzene ring substituents is 1. The summed E-state index contributed by atoms with van der Waals surface area (Å²) in [6, 6.07) is 12.8. The third-order valence-corrected chi connectivity index (χ3v) is 3.66. The number of hydrogen-bond acceptors (Lipinski definition) is 6. The predicted octanol–water partition coefficient (Wildman–Crippen LogP) is 3.42. The van der Waals surface area contributed by atoms with Crippen LogP contribution in [0.1, 0.15) is 10.4 Å². The Hall–Kier alpha value is -2.80. The number of esters is 1. The third-order valence-electron chi connectivity index (χ3n) is 2.75. The number of aromatic nitrogens is 1. The minimum absolute atomic E-state index is 0.114. The van der Waals surface area contributed by atoms with Gasteiger partial charge in [-0.2, -0.15) is 0 Å². The fraction of sp³-hybridized carbons (Fsp3) is 0. The molecule has 0 aliphatic rings. The number of rotatable bonds is 3. The van der Waals surface area contributed by atoms with E-state index in [4.69, 9.17) is 4.74 Å². The van der Waals surface area contributed by atoms with E-state index in [0.29, 0.717) is 0 Å². The number of non-ortho nitro benzene ring substituents is 1. The number of fused-ring (bicyclic) bond motifs is 1. The Labute approximate surface area is 122 Å². The Morgan fingerprint density at radius 3 is 2.76 bits per heavy atom. The highest BCUT2D eigenvalue weighted by molar-refractivity contribution is 7.20. The molecule has 3 aromatic rings. The van der Waals surface area contributed by atoms with E-state index in [0.717, 1.165) is 10.2 Å². The van der Waals surface area contributed by atoms with Crippen LogP contribution >= 0.6 is 11.3 Å². The molecule has 1 aromatic heterocycles. The van der Waals surface area contributed by atoms with Gasteiger partial charge in [-0.3, -0.25) is 10.1 Å². The normalized spacial score (nSPS) is 10.5. The summed E-state index contributed by atoms with van der Waals surface area (Å²) in [6.07, 6.45) is 0. The predicted molar refractivity (Wildman–Crippen MR) is 77.7 cm³/mol. The number of ether oxygens (including phenoxy) is 1. The van der Waals surface area contributed by atoms with E-state index in [1.807, 2.05) is 24.3 Å². The first-order valence-corrected chi connectivity index (χ1v) is 6.77. The average Bonchev–Trinajstić information content (AvgIpc) is 2.89. The van der Waals surface area contributed by atoms with Gasteiger partial charge in [-0.05, 0) is 18.2 Å². The van der Waals surface area contributed by atoms with Crippen LogP contribution in [0.3, 0.4) is 0 Å². The van der Waals surface area contributed by atoms with Crippen LogP contribution in [0.5, 0.6) is 5.19 Å². The van der Waals surface area contributed by atoms with Crippen molar-refractivity contribution in [1.82, 2.24) is 4.98 Å². The Balaban J connectivity index is 1.85. The molecule has 0 saturated carbocycles. The highest BCUT2D eigenvalue weighted by Crippen LogP contribution is 2.28. The molecule has 3 rings (SSSR count). The lowest BCUT2D eigenvalue weighted by atomic mass is 10.2. The van der Waals surface area contributed by atoms with Gasteiger partial charge in [-0.1, -0.05) is 29.5 Å². The Morgan fingerprint density at radius 1 is 1.19 bits per heavy atom. The zero-order valence-corrected chi connectivity index (χ0v) is 11.4. The Kier molecular flexibility index (Phi) is 3.33. The van der Waals surface area contributed by atoms with E-state index in [9.17, 15) is 14.9 Å². The van der Waals surface area contributed by atoms with Crippen LogP contribution in [-0.4, -0.2) is 15.9 Å². The molecule has 2 aromatic carbocycles. The molecule has 0 unspecified atom stereocenters. The van der Waals surface area contributed by atoms with Crippen molar-refractivity contribution in [2.45, 2.75) is 0 Å². The summed E-state index contributed by atoms with van der Waals surface area (Å²) in [5.74, 6) is -0.669. The van der Waals surface area contributed by atoms with E-state index in [-0.39, 0.29) is 16.4 Å². The van der Waals surface area contributed by atoms with Crippen LogP contribution < -0.4 is 4.74 Å². The SMILES string of the molecule is O=C(Oc1nc2ccccc2s1)c1cccc([N+](=O)[O-])c1. The summed E-state index contributed by atoms with van der Waals surface area (Å²) in [5, 5.41) is 10.9. The summed E-state index contributed by atoms with van der Waals surface area (Å²) in [6.45, 7) is 0. The summed E-state index contributed by atoms with van der Waals surface area (Å²) >= 11 is 1.24. The molecule has 7 heteroatoms. The fourth-order valence-electron chi connectivity index (χ4n) is 1.78. The van der Waals surface area contributed by atoms with Crippen LogP contribution in [-0.2, 0) is 0 Å². The maximum Gasteiger partial charge on any atom is 0.345 e. The lowest BCUT2D eigenvalue weighted by molar-refractivity contribution is -0.384. The molecule has 0 spiro atoms. The van der Waals surface area contributed by atoms with Crippen LogP contribution in [0.4, 0.5) is 5.69 Å². The van der Waals surface area contributed by atoms with Gasteiger partial charge < -0.3 is 4.74 Å². The summed E-state index contributed by atoms with van der Waals surface area (Å²) < 4.78 is 6.07. The summed E-state index contributed by atoms with van der Waals surface area (Å²) in [7, 11) is 0. The van der Waals surface area contributed by atoms with Gasteiger partial charge in [-0.25, -0.2) is 9.78 Å². The van der Waals surface area contributed by atoms with Gasteiger partial charge >= 0.3 is 5.97 Å². The second kappa shape index (κ2) is 5.29. The standard InChI is InChI=1S/C14H8N2O4S/c17-13(9-4-3-5-10(8-9)16(18)19)20-14-15-11-6-1-2-7-12(11)21-14/h1-8H. The van der Waals surface area contributed by atoms with Crippen LogP contribution in [0.2, 0.25) is 0 Å². The molecule has 0 radical (unpaired) electrons. The van der Waals surface area contributed by atoms with E-state index < -0.39 is 10.9 Å². The molecule has 0 fully saturated rings. The van der Waals surface area contributed by atoms with Gasteiger partial charge in [-0.15, -0.1) is 0 Å². The molecule has 1 heterocycles. The van der Waals surface area contributed by atoms with E-state index in [2.05, 4.69) is 4.98 Å². The number of para-hydroxylation sites is 1. The molecular formula is C14H8N2O4S. The fourth-order valence-corrected chi connectivity index (χ4v) is 2.59. The second-order valence-electron chi connectivity index (χ2n) is 4.14. The molecule has 0 aliphatic carbocycles. The summed E-state index contributed by atoms with van der Waals surface area (Å²) in [4.78, 5) is 26.3. The molecule has 0 aliphatic heterocycles. The summed E-state index contributed by atoms with van der Waals surface area (Å²) in [5.41, 5.74) is 0.696. The zero-order chi connectivity index (χ0) is 14.8. The molecule has 104 valence electrons. The minimum atomic E-state index is -0.669. The van der Waals surface area contributed by atoms with Crippen molar-refractivity contribution in [3.63, 3.8) is 0 Å². The Morgan fingerprint density at radius 2 is 2.00 bits per heavy atom. The first-order valence-electron chi connectivity index (χ1n) is 5.96. The lowest BCUT2D eigenvalue weighted by Gasteiger charge is -2.00. The maximum atomic E-state index is 12.0. The van der Waals surface area contributed by atoms with Crippen molar-refractivity contribution in [3.8, 4) is 5.19 Å². The highest BCUT2D eigenvalue weighted by atomic mass is 32.1. The van der Waals surface area contributed by atoms with Gasteiger partial charge in [0.1, 0.15) is 0 Å². The topological polar surface area (TPSA) is 82.3 Å². The first kappa shape index (κ1) is 13.2. The van der Waals surface area contributed by atoms with E-state index in [1.54, 1.807) is 0 Å². The minimum Gasteiger partial charge on any atom is -0.394 e. The van der Waals surface area contributed by atoms with Gasteiger partial charge in [0.05, 0.1) is 20.7 Å². The highest BCUT2D eigenvalue weighted by Gasteiger charge is 2.15. The molecule has 0 amide bonds. The van der Waals surface area contributed by atoms with Gasteiger partial charge in [0.2, 0.25) is 0 Å². The molecule has 0 atom stereocenters. The molecule has 0 bridgehead atoms. The number of nitro groups is 1. The number of nitrogens with zero attached hydrogens (tertiary/aromatic N) is 2. The molecule has 6 nitrogen and oxygen atoms in total. The smallest absolute Gasteiger partial charge is 0.345 e. The first-order chi connectivity index (χ1) is 10.1. The van der Waals surface area contributed by atoms with Crippen molar-refractivity contribution in [3.05, 3.63) is 64.2 Å². The monoisotopic (exact) mass is 300 g/mol. The van der Waals surface area contributed by atoms with Crippen molar-refractivity contribution >= 4 is 33.2 Å². The molecule has 0 saturated heterocycles. The average molecular weight is 300 g/mol. The van der Waals surface area contributed by atoms with Crippen LogP contribution in [0, 0.1) is 10.1 Å². The van der Waals surface area contributed by atoms with E-state index >= 15 is 0 Å². The van der Waals surface area contributed by atoms with Gasteiger partial charge in [0.15, 0.2) is 0 Å². The lowest BCUT2D eigenvalue weighted by Crippen LogP contribution is -2.08. The van der Waals surface area contributed by atoms with E-state index in [1.165, 1.54) is 35.6 Å². The van der Waals surface area contributed by atoms with Crippen molar-refractivity contribution in [1.29, 1.82) is 0 Å². The quantitative estimate of drug-likeness (QED) is 0.420. The maximum absolute atomic E-state index is 12.0. The van der Waals surface area contributed by atoms with Crippen molar-refractivity contribution < 1.29 is 14.5 Å². The number of hydrogen-bond donors (Lipinski definition) is 0. The second-order valence-corrected chi connectivity index (χ2v) is 5.14. The van der Waals surface area contributed by atoms with Crippen molar-refractivity contribution in [2.24, 2.45) is 0 Å². The van der Waals surface area contributed by atoms with Gasteiger partial charge in [0, 0.05) is 12.1 Å². The third kappa shape index (κ3) is 2.72. The van der Waals surface area contributed by atoms with Crippen LogP contribution in [0.25, 0.3) is 10.2 Å². The molecular weight excluding hydrogens is 292 g/mol. The largest absolute Gasteiger partial charge is 0.394 e. The van der Waals surface area contributed by atoms with Crippen LogP contribution in [0.15, 0.2) is 48.5 Å². The molecule has 21 heavy (non-hydrogen) atoms. The van der Waals surface area contributed by atoms with Gasteiger partial charge in [0.25, 0.3) is 10.9 Å². The number of carbonyl (C=O) groups is 1. The van der Waals surface area contributed by atoms with Crippen molar-refractivity contribution in [2.75, 3.05) is 0 Å². The number of carbonyl (C=O) groups excluding carboxylic acids is 1. The molecule has 0 N–H and O–H groups in total.